The van der Waals surface area contributed by atoms with Crippen LogP contribution in [-0.2, 0) is 0 Å². The zero-order valence-electron chi connectivity index (χ0n) is 3.47. The van der Waals surface area contributed by atoms with Crippen LogP contribution in [0.15, 0.2) is 6.33 Å². The molecule has 0 bridgehead atoms. The number of aromatic nitrogens is 3. The van der Waals surface area contributed by atoms with Crippen LogP contribution < -0.4 is 51.4 Å². The summed E-state index contributed by atoms with van der Waals surface area (Å²) < 4.78 is 0. The van der Waals surface area contributed by atoms with Crippen molar-refractivity contribution in [1.82, 2.24) is 15.2 Å². The molecule has 0 spiro atoms. The third-order valence-electron chi connectivity index (χ3n) is 0.295. The fraction of sp³-hybridized carbons (Fsp3) is 0. The first-order valence-electron chi connectivity index (χ1n) is 1.22. The van der Waals surface area contributed by atoms with Crippen LogP contribution in [0.1, 0.15) is 0 Å². The Kier molecular flexibility index (Phi) is 4.46. The second kappa shape index (κ2) is 3.95. The Morgan fingerprint density at radius 1 is 1.67 bits per heavy atom. The number of nitrogens with one attached hydrogen (secondary N) is 1. The summed E-state index contributed by atoms with van der Waals surface area (Å²) >= 11 is 0. The fourth-order valence-electron chi connectivity index (χ4n) is 0.144. The van der Waals surface area contributed by atoms with Gasteiger partial charge in [0.15, 0.2) is 0 Å². The summed E-state index contributed by atoms with van der Waals surface area (Å²) in [5.74, 6) is 0. The Morgan fingerprint density at radius 2 is 2.50 bits per heavy atom. The fourth-order valence-corrected chi connectivity index (χ4v) is 0.144. The second-order valence-corrected chi connectivity index (χ2v) is 0.599. The average Bonchev–Trinajstić information content (AvgIpc) is 1.76. The largest absolute Gasteiger partial charge is 1.00 e. The molecule has 0 fully saturated rings. The summed E-state index contributed by atoms with van der Waals surface area (Å²) in [6, 6.07) is 0. The molecule has 1 heterocycles. The molecule has 0 unspecified atom stereocenters. The van der Waals surface area contributed by atoms with E-state index >= 15 is 0 Å². The molecule has 0 aliphatic rings. The van der Waals surface area contributed by atoms with Gasteiger partial charge in [-0.1, -0.05) is 0 Å². The monoisotopic (exact) mass is 107 g/mol. The Labute approximate surface area is 78.0 Å². The van der Waals surface area contributed by atoms with Crippen molar-refractivity contribution in [2.75, 3.05) is 0 Å². The topological polar surface area (TPSA) is 41.6 Å². The van der Waals surface area contributed by atoms with Gasteiger partial charge in [0.1, 0.15) is 0 Å². The maximum Gasteiger partial charge on any atom is 1.00 e. The molecule has 1 aromatic heterocycles. The molecule has 1 aromatic rings. The molecule has 0 aliphatic carbocycles. The summed E-state index contributed by atoms with van der Waals surface area (Å²) in [5, 5.41) is 5.81. The smallest absolute Gasteiger partial charge is 0.421 e. The minimum absolute atomic E-state index is 0. The van der Waals surface area contributed by atoms with Gasteiger partial charge in [-0.25, -0.2) is 0 Å². The van der Waals surface area contributed by atoms with Gasteiger partial charge >= 0.3 is 51.4 Å². The zero-order valence-corrected chi connectivity index (χ0v) is 6.59. The van der Waals surface area contributed by atoms with Gasteiger partial charge in [-0.15, -0.1) is 0 Å². The van der Waals surface area contributed by atoms with Crippen molar-refractivity contribution in [3.8, 4) is 0 Å². The van der Waals surface area contributed by atoms with Gasteiger partial charge in [-0.3, -0.25) is 5.10 Å². The minimum Gasteiger partial charge on any atom is -0.421 e. The van der Waals surface area contributed by atoms with E-state index in [0.717, 1.165) is 0 Å². The van der Waals surface area contributed by atoms with Crippen LogP contribution in [0, 0.1) is 6.33 Å². The van der Waals surface area contributed by atoms with E-state index in [2.05, 4.69) is 21.5 Å². The van der Waals surface area contributed by atoms with E-state index in [0.29, 0.717) is 0 Å². The molecule has 4 heteroatoms. The summed E-state index contributed by atoms with van der Waals surface area (Å²) in [5.41, 5.74) is 0. The molecule has 6 heavy (non-hydrogen) atoms. The van der Waals surface area contributed by atoms with Crippen molar-refractivity contribution in [1.29, 1.82) is 0 Å². The molecule has 0 radical (unpaired) electrons. The summed E-state index contributed by atoms with van der Waals surface area (Å²) in [7, 11) is 0. The molecule has 0 saturated heterocycles. The van der Waals surface area contributed by atoms with E-state index in [4.69, 9.17) is 0 Å². The molecule has 26 valence electrons. The normalized spacial score (nSPS) is 6.67. The van der Waals surface area contributed by atoms with Crippen molar-refractivity contribution < 1.29 is 51.4 Å². The molecule has 1 N–H and O–H groups in total. The molecule has 1 rings (SSSR count). The first-order chi connectivity index (χ1) is 2.50. The second-order valence-electron chi connectivity index (χ2n) is 0.599. The van der Waals surface area contributed by atoms with Crippen LogP contribution in [-0.4, -0.2) is 15.2 Å². The van der Waals surface area contributed by atoms with E-state index in [1.807, 2.05) is 0 Å². The van der Waals surface area contributed by atoms with Crippen LogP contribution in [0.25, 0.3) is 0 Å². The molecule has 0 atom stereocenters. The molecule has 0 aliphatic heterocycles. The first kappa shape index (κ1) is 6.78. The van der Waals surface area contributed by atoms with Crippen LogP contribution in [0.2, 0.25) is 0 Å². The van der Waals surface area contributed by atoms with E-state index in [-0.39, 0.29) is 51.4 Å². The van der Waals surface area contributed by atoms with Crippen molar-refractivity contribution in [3.63, 3.8) is 0 Å². The Hall–Kier alpha value is 0.776. The molecular formula is C2H2KN3. The number of nitrogens with zero attached hydrogens (tertiary/aromatic N) is 2. The van der Waals surface area contributed by atoms with Crippen LogP contribution >= 0.6 is 0 Å². The van der Waals surface area contributed by atoms with Crippen molar-refractivity contribution >= 4 is 0 Å². The SMILES string of the molecule is [K+].[c-]1nc[nH]n1. The summed E-state index contributed by atoms with van der Waals surface area (Å²) in [4.78, 5) is 3.43. The predicted octanol–water partition coefficient (Wildman–Crippen LogP) is -3.39. The third-order valence-corrected chi connectivity index (χ3v) is 0.295. The maximum absolute atomic E-state index is 3.43. The zero-order chi connectivity index (χ0) is 3.54. The van der Waals surface area contributed by atoms with Crippen LogP contribution in [0.5, 0.6) is 0 Å². The van der Waals surface area contributed by atoms with Crippen molar-refractivity contribution in [2.45, 2.75) is 0 Å². The van der Waals surface area contributed by atoms with Gasteiger partial charge in [0.2, 0.25) is 0 Å². The van der Waals surface area contributed by atoms with E-state index in [1.165, 1.54) is 6.33 Å². The molecule has 0 aromatic carbocycles. The summed E-state index contributed by atoms with van der Waals surface area (Å²) in [6.07, 6.45) is 3.76. The number of H-pyrrole nitrogens is 1. The predicted molar refractivity (Wildman–Crippen MR) is 15.2 cm³/mol. The average molecular weight is 107 g/mol. The summed E-state index contributed by atoms with van der Waals surface area (Å²) in [6.45, 7) is 0. The van der Waals surface area contributed by atoms with E-state index in [1.54, 1.807) is 0 Å². The maximum atomic E-state index is 3.43. The van der Waals surface area contributed by atoms with Gasteiger partial charge in [-0.2, -0.15) is 0 Å². The number of rotatable bonds is 0. The minimum atomic E-state index is 0. The standard InChI is InChI=1S/C2H2N3.K/c1-3-2-5-4-1;/h1H,(H,3,4,5);/q-1;+1. The van der Waals surface area contributed by atoms with Gasteiger partial charge in [-0.05, 0) is 12.7 Å². The quantitative estimate of drug-likeness (QED) is 0.277. The number of aromatic amines is 1. The Bertz CT molecular complexity index is 65.3. The third kappa shape index (κ3) is 2.04. The van der Waals surface area contributed by atoms with E-state index < -0.39 is 0 Å². The number of hydrogen-bond donors (Lipinski definition) is 1. The van der Waals surface area contributed by atoms with Gasteiger partial charge in [0.05, 0.1) is 0 Å². The number of hydrogen-bond acceptors (Lipinski definition) is 2. The van der Waals surface area contributed by atoms with E-state index in [9.17, 15) is 0 Å². The van der Waals surface area contributed by atoms with Crippen LogP contribution in [0.3, 0.4) is 0 Å². The Balaban J connectivity index is 0.000000250. The Morgan fingerprint density at radius 3 is 2.67 bits per heavy atom. The first-order valence-corrected chi connectivity index (χ1v) is 1.22. The van der Waals surface area contributed by atoms with Crippen molar-refractivity contribution in [3.05, 3.63) is 12.7 Å². The molecule has 3 nitrogen and oxygen atoms in total. The van der Waals surface area contributed by atoms with Crippen LogP contribution in [0.4, 0.5) is 0 Å². The molecule has 0 amide bonds. The van der Waals surface area contributed by atoms with Gasteiger partial charge in [0.25, 0.3) is 0 Å². The van der Waals surface area contributed by atoms with Crippen molar-refractivity contribution in [2.24, 2.45) is 0 Å². The molecular weight excluding hydrogens is 105 g/mol. The van der Waals surface area contributed by atoms with Gasteiger partial charge < -0.3 is 10.1 Å². The van der Waals surface area contributed by atoms with Gasteiger partial charge in [0, 0.05) is 0 Å². The molecule has 0 saturated carbocycles.